The van der Waals surface area contributed by atoms with Crippen molar-refractivity contribution in [1.29, 1.82) is 0 Å². The van der Waals surface area contributed by atoms with Crippen molar-refractivity contribution in [2.45, 2.75) is 30.6 Å². The highest BCUT2D eigenvalue weighted by Gasteiger charge is 2.51. The minimum Gasteiger partial charge on any atom is -0.450 e. The highest BCUT2D eigenvalue weighted by Crippen LogP contribution is 2.30. The number of alkyl halides is 3. The number of carbonyl (C=O) groups is 1. The van der Waals surface area contributed by atoms with E-state index < -0.39 is 36.6 Å². The Labute approximate surface area is 88.1 Å². The number of hydrogen-bond donors (Lipinski definition) is 1. The molecule has 16 heavy (non-hydrogen) atoms. The van der Waals surface area contributed by atoms with Gasteiger partial charge in [0.1, 0.15) is 18.3 Å². The summed E-state index contributed by atoms with van der Waals surface area (Å²) in [4.78, 5) is 10.6. The second kappa shape index (κ2) is 3.86. The number of carbonyl (C=O) groups excluding carboxylic acids is 1. The number of rotatable bonds is 1. The zero-order valence-corrected chi connectivity index (χ0v) is 7.94. The van der Waals surface area contributed by atoms with Gasteiger partial charge in [-0.15, -0.1) is 0 Å². The predicted octanol–water partition coefficient (Wildman–Crippen LogP) is -0.381. The third kappa shape index (κ3) is 2.00. The minimum absolute atomic E-state index is 0.0323. The molecule has 4 unspecified atom stereocenters. The van der Waals surface area contributed by atoms with E-state index >= 15 is 0 Å². The van der Waals surface area contributed by atoms with Gasteiger partial charge in [0.2, 0.25) is 0 Å². The summed E-state index contributed by atoms with van der Waals surface area (Å²) in [5.74, 6) is -2.27. The van der Waals surface area contributed by atoms with Crippen molar-refractivity contribution in [2.24, 2.45) is 0 Å². The van der Waals surface area contributed by atoms with Crippen LogP contribution in [0, 0.1) is 0 Å². The summed E-state index contributed by atoms with van der Waals surface area (Å²) in [5.41, 5.74) is 0. The molecule has 0 saturated carbocycles. The molecule has 2 fully saturated rings. The van der Waals surface area contributed by atoms with Crippen LogP contribution >= 0.6 is 0 Å². The Morgan fingerprint density at radius 3 is 2.50 bits per heavy atom. The molecular formula is C8H9F3O5. The molecule has 2 aliphatic rings. The molecule has 8 heteroatoms. The van der Waals surface area contributed by atoms with E-state index in [2.05, 4.69) is 4.74 Å². The fraction of sp³-hybridized carbons (Fsp3) is 0.875. The predicted molar refractivity (Wildman–Crippen MR) is 41.4 cm³/mol. The molecular weight excluding hydrogens is 233 g/mol. The first-order chi connectivity index (χ1) is 7.39. The first-order valence-corrected chi connectivity index (χ1v) is 4.58. The molecule has 0 bridgehead atoms. The van der Waals surface area contributed by atoms with E-state index in [1.54, 1.807) is 0 Å². The van der Waals surface area contributed by atoms with Crippen LogP contribution in [0.2, 0.25) is 0 Å². The summed E-state index contributed by atoms with van der Waals surface area (Å²) >= 11 is 0. The molecule has 0 amide bonds. The number of aliphatic hydroxyl groups is 1. The van der Waals surface area contributed by atoms with Crippen LogP contribution in [0.25, 0.3) is 0 Å². The molecule has 92 valence electrons. The smallest absolute Gasteiger partial charge is 0.450 e. The Morgan fingerprint density at radius 2 is 1.88 bits per heavy atom. The van der Waals surface area contributed by atoms with Crippen LogP contribution in [0.3, 0.4) is 0 Å². The molecule has 4 atom stereocenters. The number of halogens is 3. The summed E-state index contributed by atoms with van der Waals surface area (Å²) in [6.07, 6.45) is -8.57. The van der Waals surface area contributed by atoms with Crippen LogP contribution in [-0.2, 0) is 19.0 Å². The lowest BCUT2D eigenvalue weighted by Crippen LogP contribution is -2.37. The fourth-order valence-electron chi connectivity index (χ4n) is 1.75. The minimum atomic E-state index is -5.03. The van der Waals surface area contributed by atoms with E-state index in [0.717, 1.165) is 0 Å². The van der Waals surface area contributed by atoms with Gasteiger partial charge in [-0.1, -0.05) is 0 Å². The van der Waals surface area contributed by atoms with Crippen molar-refractivity contribution < 1.29 is 37.3 Å². The van der Waals surface area contributed by atoms with Crippen LogP contribution in [-0.4, -0.2) is 54.9 Å². The molecule has 5 nitrogen and oxygen atoms in total. The lowest BCUT2D eigenvalue weighted by Gasteiger charge is -2.17. The first-order valence-electron chi connectivity index (χ1n) is 4.58. The SMILES string of the molecule is O=C(OC1COC2C(O)COC12)C(F)(F)F. The van der Waals surface area contributed by atoms with E-state index in [-0.39, 0.29) is 13.2 Å². The van der Waals surface area contributed by atoms with Crippen LogP contribution in [0.1, 0.15) is 0 Å². The Balaban J connectivity index is 1.95. The maximum absolute atomic E-state index is 11.9. The van der Waals surface area contributed by atoms with Crippen LogP contribution in [0.4, 0.5) is 13.2 Å². The highest BCUT2D eigenvalue weighted by atomic mass is 19.4. The lowest BCUT2D eigenvalue weighted by molar-refractivity contribution is -0.208. The largest absolute Gasteiger partial charge is 0.490 e. The summed E-state index contributed by atoms with van der Waals surface area (Å²) in [6, 6.07) is 0. The molecule has 2 saturated heterocycles. The average Bonchev–Trinajstić information content (AvgIpc) is 2.70. The number of ether oxygens (including phenoxy) is 3. The monoisotopic (exact) mass is 242 g/mol. The van der Waals surface area contributed by atoms with E-state index in [1.165, 1.54) is 0 Å². The van der Waals surface area contributed by atoms with Crippen molar-refractivity contribution in [1.82, 2.24) is 0 Å². The van der Waals surface area contributed by atoms with Gasteiger partial charge in [0.25, 0.3) is 0 Å². The number of fused-ring (bicyclic) bond motifs is 1. The summed E-state index contributed by atoms with van der Waals surface area (Å²) < 4.78 is 50.0. The maximum Gasteiger partial charge on any atom is 0.490 e. The topological polar surface area (TPSA) is 65.0 Å². The Bertz CT molecular complexity index is 292. The summed E-state index contributed by atoms with van der Waals surface area (Å²) in [7, 11) is 0. The van der Waals surface area contributed by atoms with Crippen molar-refractivity contribution in [3.05, 3.63) is 0 Å². The Hall–Kier alpha value is -0.860. The van der Waals surface area contributed by atoms with Gasteiger partial charge in [-0.2, -0.15) is 13.2 Å². The normalized spacial score (nSPS) is 38.5. The average molecular weight is 242 g/mol. The second-order valence-corrected chi connectivity index (χ2v) is 3.60. The van der Waals surface area contributed by atoms with Gasteiger partial charge < -0.3 is 19.3 Å². The highest BCUT2D eigenvalue weighted by molar-refractivity contribution is 5.75. The second-order valence-electron chi connectivity index (χ2n) is 3.60. The molecule has 0 aromatic heterocycles. The van der Waals surface area contributed by atoms with E-state index in [9.17, 15) is 23.1 Å². The molecule has 0 radical (unpaired) electrons. The van der Waals surface area contributed by atoms with E-state index in [1.807, 2.05) is 0 Å². The van der Waals surface area contributed by atoms with Gasteiger partial charge >= 0.3 is 12.1 Å². The molecule has 2 rings (SSSR count). The molecule has 0 aromatic rings. The first kappa shape index (κ1) is 11.6. The van der Waals surface area contributed by atoms with Gasteiger partial charge in [0.15, 0.2) is 6.10 Å². The van der Waals surface area contributed by atoms with Crippen LogP contribution in [0.15, 0.2) is 0 Å². The van der Waals surface area contributed by atoms with Gasteiger partial charge in [-0.3, -0.25) is 0 Å². The molecule has 1 N–H and O–H groups in total. The molecule has 0 spiro atoms. The van der Waals surface area contributed by atoms with E-state index in [0.29, 0.717) is 0 Å². The molecule has 0 aromatic carbocycles. The third-order valence-corrected chi connectivity index (χ3v) is 2.47. The standard InChI is InChI=1S/C8H9F3O5/c9-8(10,11)7(13)16-4-2-15-5-3(12)1-14-6(4)5/h3-6,12H,1-2H2. The Morgan fingerprint density at radius 1 is 1.25 bits per heavy atom. The van der Waals surface area contributed by atoms with Crippen LogP contribution in [0.5, 0.6) is 0 Å². The fourth-order valence-corrected chi connectivity index (χ4v) is 1.75. The van der Waals surface area contributed by atoms with Crippen LogP contribution < -0.4 is 0 Å². The van der Waals surface area contributed by atoms with Crippen molar-refractivity contribution >= 4 is 5.97 Å². The van der Waals surface area contributed by atoms with Gasteiger partial charge in [-0.05, 0) is 0 Å². The lowest BCUT2D eigenvalue weighted by atomic mass is 10.1. The van der Waals surface area contributed by atoms with Crippen molar-refractivity contribution in [3.8, 4) is 0 Å². The van der Waals surface area contributed by atoms with Gasteiger partial charge in [-0.25, -0.2) is 4.79 Å². The quantitative estimate of drug-likeness (QED) is 0.635. The number of hydrogen-bond acceptors (Lipinski definition) is 5. The molecule has 0 aliphatic carbocycles. The van der Waals surface area contributed by atoms with Gasteiger partial charge in [0.05, 0.1) is 13.2 Å². The summed E-state index contributed by atoms with van der Waals surface area (Å²) in [5, 5.41) is 9.30. The zero-order valence-electron chi connectivity index (χ0n) is 7.94. The third-order valence-electron chi connectivity index (χ3n) is 2.47. The molecule has 2 heterocycles. The maximum atomic E-state index is 11.9. The van der Waals surface area contributed by atoms with Crippen molar-refractivity contribution in [2.75, 3.05) is 13.2 Å². The number of aliphatic hydroxyl groups excluding tert-OH is 1. The zero-order chi connectivity index (χ0) is 11.9. The summed E-state index contributed by atoms with van der Waals surface area (Å²) in [6.45, 7) is -0.233. The van der Waals surface area contributed by atoms with Gasteiger partial charge in [0, 0.05) is 0 Å². The number of esters is 1. The van der Waals surface area contributed by atoms with E-state index in [4.69, 9.17) is 9.47 Å². The Kier molecular flexibility index (Phi) is 2.81. The van der Waals surface area contributed by atoms with Crippen molar-refractivity contribution in [3.63, 3.8) is 0 Å². The molecule has 2 aliphatic heterocycles.